The number of piperazine rings is 1. The van der Waals surface area contributed by atoms with E-state index in [1.165, 1.54) is 0 Å². The van der Waals surface area contributed by atoms with E-state index in [0.717, 1.165) is 48.4 Å². The summed E-state index contributed by atoms with van der Waals surface area (Å²) in [5, 5.41) is 6.61. The van der Waals surface area contributed by atoms with E-state index >= 15 is 0 Å². The van der Waals surface area contributed by atoms with Crippen molar-refractivity contribution in [3.8, 4) is 11.5 Å². The number of nitrogens with one attached hydrogen (secondary N) is 1. The SMILES string of the molecule is COc1ccc(OCc2nc(CN3CCN[C@H](C)C3)cs2)cc1. The van der Waals surface area contributed by atoms with Crippen LogP contribution in [0.1, 0.15) is 17.6 Å². The van der Waals surface area contributed by atoms with Crippen molar-refractivity contribution in [1.29, 1.82) is 0 Å². The number of ether oxygens (including phenoxy) is 2. The van der Waals surface area contributed by atoms with Crippen LogP contribution in [0.3, 0.4) is 0 Å². The molecule has 0 radical (unpaired) electrons. The molecule has 0 amide bonds. The van der Waals surface area contributed by atoms with Crippen LogP contribution in [-0.4, -0.2) is 42.7 Å². The van der Waals surface area contributed by atoms with E-state index in [9.17, 15) is 0 Å². The quantitative estimate of drug-likeness (QED) is 0.880. The summed E-state index contributed by atoms with van der Waals surface area (Å²) in [6.45, 7) is 6.87. The van der Waals surface area contributed by atoms with Gasteiger partial charge in [-0.15, -0.1) is 11.3 Å². The first-order valence-electron chi connectivity index (χ1n) is 7.89. The van der Waals surface area contributed by atoms with Gasteiger partial charge in [0.15, 0.2) is 0 Å². The highest BCUT2D eigenvalue weighted by atomic mass is 32.1. The van der Waals surface area contributed by atoms with E-state index < -0.39 is 0 Å². The zero-order chi connectivity index (χ0) is 16.1. The monoisotopic (exact) mass is 333 g/mol. The van der Waals surface area contributed by atoms with E-state index in [2.05, 4.69) is 27.5 Å². The number of nitrogens with zero attached hydrogens (tertiary/aromatic N) is 2. The number of rotatable bonds is 6. The Morgan fingerprint density at radius 2 is 2.09 bits per heavy atom. The van der Waals surface area contributed by atoms with E-state index in [0.29, 0.717) is 12.6 Å². The molecule has 1 aromatic heterocycles. The molecule has 5 nitrogen and oxygen atoms in total. The Kier molecular flexibility index (Phi) is 5.48. The first kappa shape index (κ1) is 16.2. The van der Waals surface area contributed by atoms with Gasteiger partial charge in [-0.3, -0.25) is 4.90 Å². The van der Waals surface area contributed by atoms with Gasteiger partial charge in [0.25, 0.3) is 0 Å². The summed E-state index contributed by atoms with van der Waals surface area (Å²) in [5.74, 6) is 1.66. The molecule has 1 aliphatic rings. The van der Waals surface area contributed by atoms with E-state index in [1.807, 2.05) is 24.3 Å². The van der Waals surface area contributed by atoms with Gasteiger partial charge >= 0.3 is 0 Å². The first-order valence-corrected chi connectivity index (χ1v) is 8.77. The molecule has 0 unspecified atom stereocenters. The van der Waals surface area contributed by atoms with Crippen LogP contribution in [0.25, 0.3) is 0 Å². The third-order valence-electron chi connectivity index (χ3n) is 3.86. The normalized spacial score (nSPS) is 18.8. The van der Waals surface area contributed by atoms with Crippen molar-refractivity contribution in [3.63, 3.8) is 0 Å². The van der Waals surface area contributed by atoms with Crippen molar-refractivity contribution in [2.45, 2.75) is 26.1 Å². The second-order valence-corrected chi connectivity index (χ2v) is 6.73. The Morgan fingerprint density at radius 3 is 2.83 bits per heavy atom. The molecule has 1 saturated heterocycles. The highest BCUT2D eigenvalue weighted by Crippen LogP contribution is 2.19. The van der Waals surface area contributed by atoms with Gasteiger partial charge in [-0.2, -0.15) is 0 Å². The van der Waals surface area contributed by atoms with Crippen LogP contribution in [0, 0.1) is 0 Å². The minimum absolute atomic E-state index is 0.509. The lowest BCUT2D eigenvalue weighted by atomic mass is 10.2. The molecule has 3 rings (SSSR count). The topological polar surface area (TPSA) is 46.6 Å². The lowest BCUT2D eigenvalue weighted by Crippen LogP contribution is -2.48. The number of thiazole rings is 1. The van der Waals surface area contributed by atoms with Crippen LogP contribution in [0.5, 0.6) is 11.5 Å². The third-order valence-corrected chi connectivity index (χ3v) is 4.73. The fraction of sp³-hybridized carbons (Fsp3) is 0.471. The van der Waals surface area contributed by atoms with Crippen molar-refractivity contribution in [2.24, 2.45) is 0 Å². The average molecular weight is 333 g/mol. The second-order valence-electron chi connectivity index (χ2n) is 5.79. The van der Waals surface area contributed by atoms with Gasteiger partial charge in [0.1, 0.15) is 23.1 Å². The van der Waals surface area contributed by atoms with Crippen molar-refractivity contribution in [1.82, 2.24) is 15.2 Å². The van der Waals surface area contributed by atoms with E-state index in [-0.39, 0.29) is 0 Å². The molecule has 1 atom stereocenters. The fourth-order valence-corrected chi connectivity index (χ4v) is 3.39. The Balaban J connectivity index is 1.50. The minimum atomic E-state index is 0.509. The van der Waals surface area contributed by atoms with Crippen LogP contribution in [-0.2, 0) is 13.2 Å². The summed E-state index contributed by atoms with van der Waals surface area (Å²) < 4.78 is 10.9. The molecule has 0 aliphatic carbocycles. The summed E-state index contributed by atoms with van der Waals surface area (Å²) in [7, 11) is 1.66. The lowest BCUT2D eigenvalue weighted by molar-refractivity contribution is 0.197. The van der Waals surface area contributed by atoms with Crippen LogP contribution in [0.4, 0.5) is 0 Å². The van der Waals surface area contributed by atoms with Gasteiger partial charge in [0.05, 0.1) is 12.8 Å². The standard InChI is InChI=1S/C17H23N3O2S/c1-13-9-20(8-7-18-13)10-14-12-23-17(19-14)11-22-16-5-3-15(21-2)4-6-16/h3-6,12-13,18H,7-11H2,1-2H3/t13-/m1/s1. The third kappa shape index (κ3) is 4.67. The predicted octanol–water partition coefficient (Wildman–Crippen LogP) is 2.52. The van der Waals surface area contributed by atoms with Crippen molar-refractivity contribution >= 4 is 11.3 Å². The first-order chi connectivity index (χ1) is 11.2. The Labute approximate surface area is 141 Å². The van der Waals surface area contributed by atoms with Crippen LogP contribution in [0.15, 0.2) is 29.6 Å². The van der Waals surface area contributed by atoms with Crippen LogP contribution < -0.4 is 14.8 Å². The summed E-state index contributed by atoms with van der Waals surface area (Å²) in [4.78, 5) is 7.13. The molecule has 1 fully saturated rings. The number of methoxy groups -OCH3 is 1. The number of hydrogen-bond acceptors (Lipinski definition) is 6. The smallest absolute Gasteiger partial charge is 0.140 e. The summed E-state index contributed by atoms with van der Waals surface area (Å²) >= 11 is 1.66. The van der Waals surface area contributed by atoms with Gasteiger partial charge in [0.2, 0.25) is 0 Å². The highest BCUT2D eigenvalue weighted by Gasteiger charge is 2.16. The van der Waals surface area contributed by atoms with Gasteiger partial charge in [-0.05, 0) is 31.2 Å². The molecule has 0 bridgehead atoms. The molecule has 2 aromatic rings. The van der Waals surface area contributed by atoms with E-state index in [4.69, 9.17) is 9.47 Å². The van der Waals surface area contributed by atoms with Crippen LogP contribution in [0.2, 0.25) is 0 Å². The summed E-state index contributed by atoms with van der Waals surface area (Å²) in [6.07, 6.45) is 0. The largest absolute Gasteiger partial charge is 0.497 e. The second kappa shape index (κ2) is 7.77. The maximum absolute atomic E-state index is 5.78. The average Bonchev–Trinajstić information content (AvgIpc) is 3.01. The van der Waals surface area contributed by atoms with Gasteiger partial charge in [-0.1, -0.05) is 0 Å². The Bertz CT molecular complexity index is 615. The molecule has 0 spiro atoms. The molecule has 6 heteroatoms. The fourth-order valence-electron chi connectivity index (χ4n) is 2.69. The zero-order valence-electron chi connectivity index (χ0n) is 13.6. The predicted molar refractivity (Wildman–Crippen MR) is 92.2 cm³/mol. The lowest BCUT2D eigenvalue weighted by Gasteiger charge is -2.31. The van der Waals surface area contributed by atoms with Gasteiger partial charge < -0.3 is 14.8 Å². The molecule has 23 heavy (non-hydrogen) atoms. The molecule has 124 valence electrons. The zero-order valence-corrected chi connectivity index (χ0v) is 14.4. The maximum Gasteiger partial charge on any atom is 0.140 e. The van der Waals surface area contributed by atoms with Gasteiger partial charge in [-0.25, -0.2) is 4.98 Å². The molecule has 2 heterocycles. The Hall–Kier alpha value is -1.63. The maximum atomic E-state index is 5.78. The van der Waals surface area contributed by atoms with Crippen LogP contribution >= 0.6 is 11.3 Å². The molecular weight excluding hydrogens is 310 g/mol. The molecule has 1 aliphatic heterocycles. The number of benzene rings is 1. The van der Waals surface area contributed by atoms with Crippen molar-refractivity contribution < 1.29 is 9.47 Å². The number of aromatic nitrogens is 1. The molecule has 0 saturated carbocycles. The van der Waals surface area contributed by atoms with E-state index in [1.54, 1.807) is 18.4 Å². The number of hydrogen-bond donors (Lipinski definition) is 1. The van der Waals surface area contributed by atoms with Crippen molar-refractivity contribution in [2.75, 3.05) is 26.7 Å². The van der Waals surface area contributed by atoms with Gasteiger partial charge in [0, 0.05) is 37.6 Å². The Morgan fingerprint density at radius 1 is 1.30 bits per heavy atom. The summed E-state index contributed by atoms with van der Waals surface area (Å²) in [5.41, 5.74) is 1.14. The summed E-state index contributed by atoms with van der Waals surface area (Å²) in [6, 6.07) is 8.17. The highest BCUT2D eigenvalue weighted by molar-refractivity contribution is 7.09. The molecule has 1 aromatic carbocycles. The molecular formula is C17H23N3O2S. The molecule has 1 N–H and O–H groups in total. The van der Waals surface area contributed by atoms with Crippen molar-refractivity contribution in [3.05, 3.63) is 40.3 Å². The minimum Gasteiger partial charge on any atom is -0.497 e.